The van der Waals surface area contributed by atoms with Gasteiger partial charge in [0.1, 0.15) is 19.8 Å². The van der Waals surface area contributed by atoms with Crippen molar-refractivity contribution in [1.82, 2.24) is 10.2 Å². The Balaban J connectivity index is 1.57. The maximum absolute atomic E-state index is 12.0. The molecular formula is C17H19ClN2O5. The number of nitrogens with one attached hydrogen (secondary N) is 1. The number of nitrogens with zero attached hydrogens (tertiary/aromatic N) is 1. The zero-order valence-corrected chi connectivity index (χ0v) is 14.5. The highest BCUT2D eigenvalue weighted by atomic mass is 35.5. The Bertz CT molecular complexity index is 707. The lowest BCUT2D eigenvalue weighted by Crippen LogP contribution is -2.41. The molecule has 0 spiro atoms. The number of halogens is 1. The third-order valence-corrected chi connectivity index (χ3v) is 4.05. The number of hydrogen-bond donors (Lipinski definition) is 1. The van der Waals surface area contributed by atoms with Crippen molar-refractivity contribution in [1.29, 1.82) is 0 Å². The molecule has 1 atom stereocenters. The van der Waals surface area contributed by atoms with Crippen LogP contribution in [-0.4, -0.2) is 55.9 Å². The fraction of sp³-hybridized carbons (Fsp3) is 0.412. The van der Waals surface area contributed by atoms with Crippen LogP contribution >= 0.6 is 11.6 Å². The van der Waals surface area contributed by atoms with E-state index in [0.717, 1.165) is 5.56 Å². The summed E-state index contributed by atoms with van der Waals surface area (Å²) in [5.41, 5.74) is 0.736. The van der Waals surface area contributed by atoms with Gasteiger partial charge in [-0.2, -0.15) is 0 Å². The van der Waals surface area contributed by atoms with E-state index >= 15 is 0 Å². The summed E-state index contributed by atoms with van der Waals surface area (Å²) in [5.74, 6) is 0.839. The molecule has 1 aromatic rings. The van der Waals surface area contributed by atoms with E-state index in [1.165, 1.54) is 6.08 Å². The Hall–Kier alpha value is -2.41. The van der Waals surface area contributed by atoms with Crippen LogP contribution in [-0.2, 0) is 9.53 Å². The predicted octanol–water partition coefficient (Wildman–Crippen LogP) is 2.08. The van der Waals surface area contributed by atoms with Gasteiger partial charge >= 0.3 is 6.09 Å². The van der Waals surface area contributed by atoms with Crippen molar-refractivity contribution in [3.8, 4) is 11.5 Å². The molecule has 0 bridgehead atoms. The van der Waals surface area contributed by atoms with E-state index in [0.29, 0.717) is 49.4 Å². The van der Waals surface area contributed by atoms with Gasteiger partial charge in [0.25, 0.3) is 0 Å². The maximum atomic E-state index is 12.0. The van der Waals surface area contributed by atoms with E-state index < -0.39 is 0 Å². The highest BCUT2D eigenvalue weighted by Crippen LogP contribution is 2.38. The summed E-state index contributed by atoms with van der Waals surface area (Å²) in [6.45, 7) is 4.11. The standard InChI is InChI=1S/C17H19ClN2O5/c1-11(10-20-4-5-25-17(20)22)19-15(21)3-2-12-8-13(18)16-14(9-12)23-6-7-24-16/h2-3,8-9,11H,4-7,10H2,1H3,(H,19,21)/b3-2+/t11-/m1/s1. The molecule has 8 heteroatoms. The first kappa shape index (κ1) is 17.4. The van der Waals surface area contributed by atoms with Gasteiger partial charge in [0.05, 0.1) is 11.6 Å². The Kier molecular flexibility index (Phi) is 5.33. The lowest BCUT2D eigenvalue weighted by Gasteiger charge is -2.20. The van der Waals surface area contributed by atoms with Gasteiger partial charge in [-0.15, -0.1) is 0 Å². The zero-order valence-electron chi connectivity index (χ0n) is 13.8. The number of fused-ring (bicyclic) bond motifs is 1. The lowest BCUT2D eigenvalue weighted by molar-refractivity contribution is -0.117. The molecule has 3 rings (SSSR count). The normalized spacial score (nSPS) is 17.5. The molecule has 0 radical (unpaired) electrons. The third kappa shape index (κ3) is 4.36. The van der Waals surface area contributed by atoms with Crippen LogP contribution in [0.15, 0.2) is 18.2 Å². The monoisotopic (exact) mass is 366 g/mol. The Morgan fingerprint density at radius 3 is 2.88 bits per heavy atom. The van der Waals surface area contributed by atoms with Crippen molar-refractivity contribution in [2.75, 3.05) is 32.9 Å². The van der Waals surface area contributed by atoms with Crippen LogP contribution in [0.25, 0.3) is 6.08 Å². The van der Waals surface area contributed by atoms with Crippen molar-refractivity contribution in [2.24, 2.45) is 0 Å². The molecule has 7 nitrogen and oxygen atoms in total. The van der Waals surface area contributed by atoms with Crippen LogP contribution in [0.3, 0.4) is 0 Å². The van der Waals surface area contributed by atoms with Crippen LogP contribution in [0.1, 0.15) is 12.5 Å². The second kappa shape index (κ2) is 7.65. The molecule has 1 saturated heterocycles. The molecule has 134 valence electrons. The molecule has 1 N–H and O–H groups in total. The van der Waals surface area contributed by atoms with Gasteiger partial charge in [-0.1, -0.05) is 11.6 Å². The first-order valence-electron chi connectivity index (χ1n) is 8.02. The van der Waals surface area contributed by atoms with E-state index in [-0.39, 0.29) is 18.0 Å². The molecule has 2 amide bonds. The van der Waals surface area contributed by atoms with Gasteiger partial charge in [-0.3, -0.25) is 4.79 Å². The minimum absolute atomic E-state index is 0.188. The molecule has 0 aliphatic carbocycles. The second-order valence-electron chi connectivity index (χ2n) is 5.83. The highest BCUT2D eigenvalue weighted by molar-refractivity contribution is 6.32. The predicted molar refractivity (Wildman–Crippen MR) is 92.0 cm³/mol. The van der Waals surface area contributed by atoms with Crippen molar-refractivity contribution in [3.63, 3.8) is 0 Å². The zero-order chi connectivity index (χ0) is 17.8. The van der Waals surface area contributed by atoms with Crippen LogP contribution in [0.2, 0.25) is 5.02 Å². The summed E-state index contributed by atoms with van der Waals surface area (Å²) in [4.78, 5) is 25.0. The molecule has 2 aliphatic heterocycles. The van der Waals surface area contributed by atoms with Crippen molar-refractivity contribution in [2.45, 2.75) is 13.0 Å². The average Bonchev–Trinajstić information content (AvgIpc) is 2.98. The van der Waals surface area contributed by atoms with Crippen molar-refractivity contribution < 1.29 is 23.8 Å². The fourth-order valence-corrected chi connectivity index (χ4v) is 2.93. The third-order valence-electron chi connectivity index (χ3n) is 3.77. The summed E-state index contributed by atoms with van der Waals surface area (Å²) in [5, 5.41) is 3.25. The minimum Gasteiger partial charge on any atom is -0.486 e. The molecule has 2 heterocycles. The molecule has 1 aromatic carbocycles. The average molecular weight is 367 g/mol. The lowest BCUT2D eigenvalue weighted by atomic mass is 10.1. The molecule has 25 heavy (non-hydrogen) atoms. The molecule has 2 aliphatic rings. The topological polar surface area (TPSA) is 77.1 Å². The van der Waals surface area contributed by atoms with Crippen LogP contribution in [0, 0.1) is 0 Å². The fourth-order valence-electron chi connectivity index (χ4n) is 2.66. The number of carbonyl (C=O) groups is 2. The highest BCUT2D eigenvalue weighted by Gasteiger charge is 2.23. The Labute approximate surface area is 150 Å². The summed E-state index contributed by atoms with van der Waals surface area (Å²) in [6.07, 6.45) is 2.72. The van der Waals surface area contributed by atoms with E-state index in [1.807, 2.05) is 6.92 Å². The SMILES string of the molecule is C[C@H](CN1CCOC1=O)NC(=O)/C=C/c1cc(Cl)c2c(c1)OCCO2. The molecule has 1 fully saturated rings. The van der Waals surface area contributed by atoms with Gasteiger partial charge in [-0.05, 0) is 30.7 Å². The summed E-state index contributed by atoms with van der Waals surface area (Å²) < 4.78 is 15.8. The second-order valence-corrected chi connectivity index (χ2v) is 6.24. The number of hydrogen-bond acceptors (Lipinski definition) is 5. The van der Waals surface area contributed by atoms with Crippen LogP contribution in [0.5, 0.6) is 11.5 Å². The smallest absolute Gasteiger partial charge is 0.410 e. The molecule has 0 unspecified atom stereocenters. The number of carbonyl (C=O) groups excluding carboxylic acids is 2. The van der Waals surface area contributed by atoms with E-state index in [1.54, 1.807) is 23.1 Å². The van der Waals surface area contributed by atoms with Gasteiger partial charge < -0.3 is 24.4 Å². The van der Waals surface area contributed by atoms with Gasteiger partial charge in [0.2, 0.25) is 5.91 Å². The van der Waals surface area contributed by atoms with Gasteiger partial charge in [-0.25, -0.2) is 4.79 Å². The summed E-state index contributed by atoms with van der Waals surface area (Å²) in [7, 11) is 0. The van der Waals surface area contributed by atoms with Crippen molar-refractivity contribution in [3.05, 3.63) is 28.8 Å². The largest absolute Gasteiger partial charge is 0.486 e. The van der Waals surface area contributed by atoms with Crippen LogP contribution < -0.4 is 14.8 Å². The number of rotatable bonds is 5. The molecule has 0 aromatic heterocycles. The van der Waals surface area contributed by atoms with Gasteiger partial charge in [0, 0.05) is 18.7 Å². The Morgan fingerprint density at radius 2 is 2.12 bits per heavy atom. The minimum atomic E-state index is -0.345. The van der Waals surface area contributed by atoms with Crippen LogP contribution in [0.4, 0.5) is 4.79 Å². The summed E-state index contributed by atoms with van der Waals surface area (Å²) in [6, 6.07) is 3.29. The first-order chi connectivity index (χ1) is 12.0. The quantitative estimate of drug-likeness (QED) is 0.807. The molecule has 0 saturated carbocycles. The maximum Gasteiger partial charge on any atom is 0.410 e. The van der Waals surface area contributed by atoms with E-state index in [2.05, 4.69) is 5.32 Å². The van der Waals surface area contributed by atoms with E-state index in [9.17, 15) is 9.59 Å². The van der Waals surface area contributed by atoms with Crippen molar-refractivity contribution >= 4 is 29.7 Å². The summed E-state index contributed by atoms with van der Waals surface area (Å²) >= 11 is 6.17. The number of ether oxygens (including phenoxy) is 3. The number of amides is 2. The van der Waals surface area contributed by atoms with E-state index in [4.69, 9.17) is 25.8 Å². The first-order valence-corrected chi connectivity index (χ1v) is 8.40. The number of benzene rings is 1. The molecular weight excluding hydrogens is 348 g/mol. The van der Waals surface area contributed by atoms with Gasteiger partial charge in [0.15, 0.2) is 11.5 Å². The number of cyclic esters (lactones) is 1. The Morgan fingerprint density at radius 1 is 1.32 bits per heavy atom.